The molecule has 17 heavy (non-hydrogen) atoms. The SMILES string of the molecule is CCOCCCOc1ccc(OB([O-])[O-])cc1. The van der Waals surface area contributed by atoms with E-state index < -0.39 is 7.32 Å². The van der Waals surface area contributed by atoms with Crippen LogP contribution in [0.15, 0.2) is 24.3 Å². The van der Waals surface area contributed by atoms with E-state index in [0.717, 1.165) is 6.42 Å². The van der Waals surface area contributed by atoms with Gasteiger partial charge < -0.3 is 24.2 Å². The Bertz CT molecular complexity index is 301. The minimum absolute atomic E-state index is 0.252. The van der Waals surface area contributed by atoms with Crippen molar-refractivity contribution < 1.29 is 24.2 Å². The average molecular weight is 238 g/mol. The third-order valence-electron chi connectivity index (χ3n) is 1.96. The molecule has 0 radical (unpaired) electrons. The van der Waals surface area contributed by atoms with Gasteiger partial charge in [0, 0.05) is 19.6 Å². The monoisotopic (exact) mass is 238 g/mol. The van der Waals surface area contributed by atoms with Crippen LogP contribution in [0.5, 0.6) is 11.5 Å². The van der Waals surface area contributed by atoms with Crippen LogP contribution in [-0.2, 0) is 4.74 Å². The zero-order valence-corrected chi connectivity index (χ0v) is 9.76. The van der Waals surface area contributed by atoms with Crippen molar-refractivity contribution in [2.75, 3.05) is 19.8 Å². The van der Waals surface area contributed by atoms with Crippen LogP contribution in [0.4, 0.5) is 0 Å². The number of ether oxygens (including phenoxy) is 2. The molecule has 1 rings (SSSR count). The topological polar surface area (TPSA) is 73.8 Å². The number of benzene rings is 1. The molecule has 0 fully saturated rings. The van der Waals surface area contributed by atoms with Crippen molar-refractivity contribution in [3.8, 4) is 11.5 Å². The van der Waals surface area contributed by atoms with Gasteiger partial charge in [0.25, 0.3) is 0 Å². The Morgan fingerprint density at radius 1 is 1.06 bits per heavy atom. The van der Waals surface area contributed by atoms with Crippen LogP contribution in [0.3, 0.4) is 0 Å². The molecule has 0 bridgehead atoms. The molecule has 94 valence electrons. The molecule has 0 atom stereocenters. The number of hydrogen-bond acceptors (Lipinski definition) is 5. The van der Waals surface area contributed by atoms with Crippen LogP contribution in [0.1, 0.15) is 13.3 Å². The Morgan fingerprint density at radius 3 is 2.29 bits per heavy atom. The quantitative estimate of drug-likeness (QED) is 0.454. The third-order valence-corrected chi connectivity index (χ3v) is 1.96. The standard InChI is InChI=1S/C11H15BO5/c1-2-15-8-3-9-16-10-4-6-11(7-5-10)17-12(13)14/h4-7H,2-3,8-9H2,1H3/q-2. The van der Waals surface area contributed by atoms with Gasteiger partial charge in [0.2, 0.25) is 0 Å². The van der Waals surface area contributed by atoms with Gasteiger partial charge in [0.1, 0.15) is 13.1 Å². The van der Waals surface area contributed by atoms with Crippen molar-refractivity contribution in [3.63, 3.8) is 0 Å². The number of hydrogen-bond donors (Lipinski definition) is 0. The Labute approximate surface area is 101 Å². The van der Waals surface area contributed by atoms with E-state index in [1.54, 1.807) is 12.1 Å². The largest absolute Gasteiger partial charge is 0.860 e. The minimum atomic E-state index is -2.30. The van der Waals surface area contributed by atoms with Crippen LogP contribution in [0.25, 0.3) is 0 Å². The summed E-state index contributed by atoms with van der Waals surface area (Å²) in [6.45, 7) is 3.88. The lowest BCUT2D eigenvalue weighted by molar-refractivity contribution is -0.372. The van der Waals surface area contributed by atoms with Gasteiger partial charge in [-0.15, -0.1) is 0 Å². The van der Waals surface area contributed by atoms with Crippen LogP contribution in [-0.4, -0.2) is 27.1 Å². The highest BCUT2D eigenvalue weighted by molar-refractivity contribution is 6.29. The van der Waals surface area contributed by atoms with Crippen molar-refractivity contribution in [2.24, 2.45) is 0 Å². The second kappa shape index (κ2) is 7.94. The maximum Gasteiger partial charge on any atom is 0.133 e. The molecule has 0 aliphatic carbocycles. The summed E-state index contributed by atoms with van der Waals surface area (Å²) in [4.78, 5) is 0. The van der Waals surface area contributed by atoms with Crippen molar-refractivity contribution in [2.45, 2.75) is 13.3 Å². The average Bonchev–Trinajstić information content (AvgIpc) is 2.30. The van der Waals surface area contributed by atoms with Gasteiger partial charge in [-0.2, -0.15) is 0 Å². The molecule has 0 N–H and O–H groups in total. The fourth-order valence-corrected chi connectivity index (χ4v) is 1.22. The highest BCUT2D eigenvalue weighted by Crippen LogP contribution is 2.17. The van der Waals surface area contributed by atoms with E-state index in [9.17, 15) is 10.0 Å². The summed E-state index contributed by atoms with van der Waals surface area (Å²) >= 11 is 0. The van der Waals surface area contributed by atoms with Gasteiger partial charge in [-0.05, 0) is 31.2 Å². The van der Waals surface area contributed by atoms with Gasteiger partial charge in [0.15, 0.2) is 0 Å². The summed E-state index contributed by atoms with van der Waals surface area (Å²) in [7, 11) is -2.30. The van der Waals surface area contributed by atoms with E-state index in [1.165, 1.54) is 12.1 Å². The first-order valence-electron chi connectivity index (χ1n) is 5.51. The molecule has 5 nitrogen and oxygen atoms in total. The van der Waals surface area contributed by atoms with Gasteiger partial charge in [-0.3, -0.25) is 0 Å². The fraction of sp³-hybridized carbons (Fsp3) is 0.455. The van der Waals surface area contributed by atoms with Crippen molar-refractivity contribution in [3.05, 3.63) is 24.3 Å². The predicted molar refractivity (Wildman–Crippen MR) is 59.4 cm³/mol. The third kappa shape index (κ3) is 6.16. The highest BCUT2D eigenvalue weighted by atomic mass is 16.6. The Hall–Kier alpha value is -1.24. The predicted octanol–water partition coefficient (Wildman–Crippen LogP) is -0.424. The van der Waals surface area contributed by atoms with Gasteiger partial charge >= 0.3 is 0 Å². The Balaban J connectivity index is 2.25. The molecular formula is C11H15BO5-2. The minimum Gasteiger partial charge on any atom is -0.860 e. The van der Waals surface area contributed by atoms with Gasteiger partial charge in [0.05, 0.1) is 12.4 Å². The second-order valence-corrected chi connectivity index (χ2v) is 3.28. The molecule has 0 aromatic heterocycles. The fourth-order valence-electron chi connectivity index (χ4n) is 1.22. The van der Waals surface area contributed by atoms with Crippen LogP contribution < -0.4 is 19.4 Å². The first-order chi connectivity index (χ1) is 8.22. The molecular weight excluding hydrogens is 223 g/mol. The van der Waals surface area contributed by atoms with E-state index in [2.05, 4.69) is 4.65 Å². The van der Waals surface area contributed by atoms with E-state index >= 15 is 0 Å². The molecule has 1 aromatic carbocycles. The summed E-state index contributed by atoms with van der Waals surface area (Å²) in [6.07, 6.45) is 0.815. The molecule has 0 aliphatic rings. The van der Waals surface area contributed by atoms with Crippen molar-refractivity contribution in [1.29, 1.82) is 0 Å². The highest BCUT2D eigenvalue weighted by Gasteiger charge is 1.95. The van der Waals surface area contributed by atoms with Crippen molar-refractivity contribution in [1.82, 2.24) is 0 Å². The molecule has 0 aliphatic heterocycles. The van der Waals surface area contributed by atoms with Crippen molar-refractivity contribution >= 4 is 7.32 Å². The van der Waals surface area contributed by atoms with Crippen LogP contribution in [0.2, 0.25) is 0 Å². The van der Waals surface area contributed by atoms with E-state index in [4.69, 9.17) is 9.47 Å². The Kier molecular flexibility index (Phi) is 6.46. The maximum absolute atomic E-state index is 10.2. The smallest absolute Gasteiger partial charge is 0.133 e. The first kappa shape index (κ1) is 13.8. The van der Waals surface area contributed by atoms with Gasteiger partial charge in [-0.1, -0.05) is 0 Å². The van der Waals surface area contributed by atoms with Crippen LogP contribution in [0, 0.1) is 0 Å². The molecule has 0 amide bonds. The molecule has 0 saturated heterocycles. The van der Waals surface area contributed by atoms with E-state index in [0.29, 0.717) is 25.6 Å². The molecule has 0 spiro atoms. The van der Waals surface area contributed by atoms with Crippen LogP contribution >= 0.6 is 0 Å². The molecule has 0 heterocycles. The summed E-state index contributed by atoms with van der Waals surface area (Å²) in [5, 5.41) is 20.5. The summed E-state index contributed by atoms with van der Waals surface area (Å²) in [5.74, 6) is 0.920. The molecule has 1 aromatic rings. The van der Waals surface area contributed by atoms with E-state index in [-0.39, 0.29) is 5.75 Å². The summed E-state index contributed by atoms with van der Waals surface area (Å²) in [5.41, 5.74) is 0. The van der Waals surface area contributed by atoms with E-state index in [1.807, 2.05) is 6.92 Å². The van der Waals surface area contributed by atoms with Gasteiger partial charge in [-0.25, -0.2) is 0 Å². The lowest BCUT2D eigenvalue weighted by atomic mass is 10.2. The lowest BCUT2D eigenvalue weighted by Gasteiger charge is -2.26. The lowest BCUT2D eigenvalue weighted by Crippen LogP contribution is -2.50. The zero-order chi connectivity index (χ0) is 12.5. The number of rotatable bonds is 8. The summed E-state index contributed by atoms with van der Waals surface area (Å²) in [6, 6.07) is 6.36. The molecule has 0 unspecified atom stereocenters. The molecule has 6 heteroatoms. The first-order valence-corrected chi connectivity index (χ1v) is 5.51. The summed E-state index contributed by atoms with van der Waals surface area (Å²) < 4.78 is 15.0. The second-order valence-electron chi connectivity index (χ2n) is 3.28. The zero-order valence-electron chi connectivity index (χ0n) is 9.76. The normalized spacial score (nSPS) is 10.1. The maximum atomic E-state index is 10.2. The Morgan fingerprint density at radius 2 is 1.71 bits per heavy atom. The molecule has 0 saturated carbocycles.